The van der Waals surface area contributed by atoms with E-state index in [0.29, 0.717) is 33.0 Å². The number of aromatic nitrogens is 2. The molecule has 0 saturated heterocycles. The Hall–Kier alpha value is -3.43. The Kier molecular flexibility index (Phi) is 6.99. The van der Waals surface area contributed by atoms with Gasteiger partial charge < -0.3 is 25.4 Å². The first-order valence-corrected chi connectivity index (χ1v) is 9.45. The molecule has 1 amide bonds. The van der Waals surface area contributed by atoms with Gasteiger partial charge in [0.25, 0.3) is 5.91 Å². The summed E-state index contributed by atoms with van der Waals surface area (Å²) in [6.07, 6.45) is 4.36. The van der Waals surface area contributed by atoms with Crippen molar-refractivity contribution in [3.05, 3.63) is 65.7 Å². The average molecular weight is 444 g/mol. The summed E-state index contributed by atoms with van der Waals surface area (Å²) in [5.41, 5.74) is 2.16. The van der Waals surface area contributed by atoms with Gasteiger partial charge in [0, 0.05) is 29.8 Å². The Morgan fingerprint density at radius 3 is 2.23 bits per heavy atom. The van der Waals surface area contributed by atoms with Crippen LogP contribution >= 0.6 is 23.8 Å². The third-order valence-electron chi connectivity index (χ3n) is 3.92. The summed E-state index contributed by atoms with van der Waals surface area (Å²) in [7, 11) is 3.07. The molecule has 0 aliphatic heterocycles. The van der Waals surface area contributed by atoms with E-state index in [1.807, 2.05) is 0 Å². The zero-order chi connectivity index (χ0) is 21.5. The van der Waals surface area contributed by atoms with Crippen LogP contribution in [-0.2, 0) is 0 Å². The number of thiocarbonyl (C=S) groups is 1. The minimum atomic E-state index is -0.343. The minimum Gasteiger partial charge on any atom is -0.495 e. The molecule has 8 nitrogen and oxygen atoms in total. The second kappa shape index (κ2) is 9.86. The number of carbonyl (C=O) groups excluding carboxylic acids is 1. The van der Waals surface area contributed by atoms with Crippen LogP contribution in [0.2, 0.25) is 5.02 Å². The molecule has 3 rings (SSSR count). The molecule has 0 aliphatic carbocycles. The van der Waals surface area contributed by atoms with Crippen LogP contribution in [0, 0.1) is 0 Å². The first-order valence-electron chi connectivity index (χ1n) is 8.67. The lowest BCUT2D eigenvalue weighted by Crippen LogP contribution is -2.19. The summed E-state index contributed by atoms with van der Waals surface area (Å²) in [4.78, 5) is 20.0. The van der Waals surface area contributed by atoms with E-state index in [1.54, 1.807) is 43.5 Å². The van der Waals surface area contributed by atoms with Crippen molar-refractivity contribution in [2.75, 3.05) is 30.2 Å². The van der Waals surface area contributed by atoms with Crippen molar-refractivity contribution in [2.45, 2.75) is 0 Å². The van der Waals surface area contributed by atoms with Crippen molar-refractivity contribution in [3.63, 3.8) is 0 Å². The number of amides is 1. The van der Waals surface area contributed by atoms with Crippen molar-refractivity contribution < 1.29 is 14.3 Å². The fraction of sp³-hybridized carbons (Fsp3) is 0.100. The summed E-state index contributed by atoms with van der Waals surface area (Å²) in [6, 6.07) is 10.4. The second-order valence-electron chi connectivity index (χ2n) is 5.89. The monoisotopic (exact) mass is 443 g/mol. The van der Waals surface area contributed by atoms with Crippen LogP contribution in [0.4, 0.5) is 17.1 Å². The third kappa shape index (κ3) is 5.34. The van der Waals surface area contributed by atoms with Crippen LogP contribution in [0.1, 0.15) is 10.5 Å². The van der Waals surface area contributed by atoms with Gasteiger partial charge in [0.15, 0.2) is 5.11 Å². The lowest BCUT2D eigenvalue weighted by molar-refractivity contribution is 0.102. The van der Waals surface area contributed by atoms with Gasteiger partial charge in [-0.05, 0) is 42.5 Å². The number of carbonyl (C=O) groups is 1. The third-order valence-corrected chi connectivity index (χ3v) is 4.42. The molecule has 0 radical (unpaired) electrons. The van der Waals surface area contributed by atoms with E-state index >= 15 is 0 Å². The SMILES string of the molecule is COc1cc(OC)c(NC(=S)Nc2ccc(NC(=O)c3cnccn3)cc2)cc1Cl. The van der Waals surface area contributed by atoms with Gasteiger partial charge in [0.05, 0.1) is 31.1 Å². The number of hydrogen-bond donors (Lipinski definition) is 3. The second-order valence-corrected chi connectivity index (χ2v) is 6.70. The van der Waals surface area contributed by atoms with Crippen LogP contribution in [0.5, 0.6) is 11.5 Å². The highest BCUT2D eigenvalue weighted by Gasteiger charge is 2.12. The fourth-order valence-corrected chi connectivity index (χ4v) is 2.96. The van der Waals surface area contributed by atoms with Crippen molar-refractivity contribution >= 4 is 51.9 Å². The average Bonchev–Trinajstić information content (AvgIpc) is 2.76. The van der Waals surface area contributed by atoms with E-state index in [1.165, 1.54) is 25.7 Å². The van der Waals surface area contributed by atoms with Gasteiger partial charge in [-0.1, -0.05) is 11.6 Å². The Balaban J connectivity index is 1.62. The number of nitrogens with zero attached hydrogens (tertiary/aromatic N) is 2. The highest BCUT2D eigenvalue weighted by Crippen LogP contribution is 2.35. The fourth-order valence-electron chi connectivity index (χ4n) is 2.49. The van der Waals surface area contributed by atoms with Gasteiger partial charge in [0.2, 0.25) is 0 Å². The topological polar surface area (TPSA) is 97.4 Å². The van der Waals surface area contributed by atoms with Gasteiger partial charge in [-0.3, -0.25) is 9.78 Å². The van der Waals surface area contributed by atoms with E-state index < -0.39 is 0 Å². The van der Waals surface area contributed by atoms with Gasteiger partial charge >= 0.3 is 0 Å². The highest BCUT2D eigenvalue weighted by molar-refractivity contribution is 7.80. The van der Waals surface area contributed by atoms with E-state index in [9.17, 15) is 4.79 Å². The molecule has 154 valence electrons. The molecule has 0 saturated carbocycles. The Morgan fingerprint density at radius 2 is 1.63 bits per heavy atom. The number of hydrogen-bond acceptors (Lipinski definition) is 6. The number of nitrogens with one attached hydrogen (secondary N) is 3. The van der Waals surface area contributed by atoms with E-state index in [4.69, 9.17) is 33.3 Å². The van der Waals surface area contributed by atoms with Crippen LogP contribution in [0.25, 0.3) is 0 Å². The largest absolute Gasteiger partial charge is 0.495 e. The van der Waals surface area contributed by atoms with E-state index in [2.05, 4.69) is 25.9 Å². The van der Waals surface area contributed by atoms with Crippen LogP contribution < -0.4 is 25.4 Å². The predicted molar refractivity (Wildman–Crippen MR) is 121 cm³/mol. The molecule has 0 atom stereocenters. The van der Waals surface area contributed by atoms with E-state index in [0.717, 1.165) is 5.69 Å². The smallest absolute Gasteiger partial charge is 0.275 e. The van der Waals surface area contributed by atoms with Crippen molar-refractivity contribution in [1.82, 2.24) is 9.97 Å². The van der Waals surface area contributed by atoms with Gasteiger partial charge in [-0.25, -0.2) is 4.98 Å². The maximum atomic E-state index is 12.1. The first kappa shape index (κ1) is 21.3. The molecule has 10 heteroatoms. The molecule has 2 aromatic carbocycles. The number of benzene rings is 2. The summed E-state index contributed by atoms with van der Waals surface area (Å²) in [6.45, 7) is 0. The molecule has 0 fully saturated rings. The van der Waals surface area contributed by atoms with Crippen LogP contribution in [0.3, 0.4) is 0 Å². The normalized spacial score (nSPS) is 10.1. The van der Waals surface area contributed by atoms with Crippen molar-refractivity contribution in [3.8, 4) is 11.5 Å². The number of methoxy groups -OCH3 is 2. The lowest BCUT2D eigenvalue weighted by Gasteiger charge is -2.15. The quantitative estimate of drug-likeness (QED) is 0.487. The van der Waals surface area contributed by atoms with Crippen LogP contribution in [0.15, 0.2) is 55.0 Å². The molecule has 3 aromatic rings. The van der Waals surface area contributed by atoms with Crippen LogP contribution in [-0.4, -0.2) is 35.2 Å². The minimum absolute atomic E-state index is 0.233. The lowest BCUT2D eigenvalue weighted by atomic mass is 10.2. The number of halogens is 1. The standard InChI is InChI=1S/C20H18ClN5O3S/c1-28-17-10-18(29-2)15(9-14(17)21)26-20(30)25-13-5-3-12(4-6-13)24-19(27)16-11-22-7-8-23-16/h3-11H,1-2H3,(H,24,27)(H2,25,26,30). The molecule has 1 aromatic heterocycles. The molecule has 0 unspecified atom stereocenters. The zero-order valence-electron chi connectivity index (χ0n) is 16.1. The highest BCUT2D eigenvalue weighted by atomic mass is 35.5. The Bertz CT molecular complexity index is 1050. The van der Waals surface area contributed by atoms with Crippen molar-refractivity contribution in [2.24, 2.45) is 0 Å². The zero-order valence-corrected chi connectivity index (χ0v) is 17.7. The summed E-state index contributed by atoms with van der Waals surface area (Å²) < 4.78 is 10.5. The van der Waals surface area contributed by atoms with Gasteiger partial charge in [-0.2, -0.15) is 0 Å². The van der Waals surface area contributed by atoms with Crippen molar-refractivity contribution in [1.29, 1.82) is 0 Å². The predicted octanol–water partition coefficient (Wildman–Crippen LogP) is 4.21. The Labute approximate surface area is 183 Å². The maximum absolute atomic E-state index is 12.1. The summed E-state index contributed by atoms with van der Waals surface area (Å²) in [5.74, 6) is 0.684. The number of ether oxygens (including phenoxy) is 2. The number of rotatable bonds is 6. The summed E-state index contributed by atoms with van der Waals surface area (Å²) in [5, 5.41) is 9.61. The Morgan fingerprint density at radius 1 is 0.967 bits per heavy atom. The molecule has 0 spiro atoms. The maximum Gasteiger partial charge on any atom is 0.275 e. The molecule has 0 bridgehead atoms. The molecule has 1 heterocycles. The van der Waals surface area contributed by atoms with E-state index in [-0.39, 0.29) is 11.6 Å². The molecule has 30 heavy (non-hydrogen) atoms. The number of anilines is 3. The molecular weight excluding hydrogens is 426 g/mol. The molecule has 0 aliphatic rings. The van der Waals surface area contributed by atoms with Gasteiger partial charge in [0.1, 0.15) is 17.2 Å². The first-order chi connectivity index (χ1) is 14.5. The van der Waals surface area contributed by atoms with Gasteiger partial charge in [-0.15, -0.1) is 0 Å². The molecular formula is C20H18ClN5O3S. The molecule has 3 N–H and O–H groups in total. The summed E-state index contributed by atoms with van der Waals surface area (Å²) >= 11 is 11.5.